The summed E-state index contributed by atoms with van der Waals surface area (Å²) in [7, 11) is 0. The van der Waals surface area contributed by atoms with E-state index in [9.17, 15) is 0 Å². The number of rotatable bonds is 3. The van der Waals surface area contributed by atoms with Crippen LogP contribution in [0.2, 0.25) is 0 Å². The summed E-state index contributed by atoms with van der Waals surface area (Å²) in [4.78, 5) is 13.2. The van der Waals surface area contributed by atoms with Gasteiger partial charge in [-0.05, 0) is 44.7 Å². The molecule has 0 bridgehead atoms. The number of furan rings is 1. The fourth-order valence-electron chi connectivity index (χ4n) is 8.26. The standard InChI is InChI=1S/C46H28BN3O/c1-3-16-30(17-4-1)43-35-23-11-13-25-38(35)48-46(49-43)50-44-40(33-21-9-10-22-34(33)41-36-24-12-14-26-39(36)51-45(41)44)37-28-27-29-15-7-8-20-32(29)42(37)47(50)31-18-5-2-6-19-31/h1-28H/i1D,2D. The second-order valence-electron chi connectivity index (χ2n) is 13.1. The molecule has 1 aliphatic heterocycles. The lowest BCUT2D eigenvalue weighted by molar-refractivity contribution is 0.669. The van der Waals surface area contributed by atoms with Crippen LogP contribution >= 0.6 is 0 Å². The van der Waals surface area contributed by atoms with Crippen LogP contribution in [0.3, 0.4) is 0 Å². The highest BCUT2D eigenvalue weighted by molar-refractivity contribution is 6.92. The molecule has 0 unspecified atom stereocenters. The average Bonchev–Trinajstić information content (AvgIpc) is 3.60. The van der Waals surface area contributed by atoms with E-state index in [0.29, 0.717) is 18.0 Å². The maximum Gasteiger partial charge on any atom is 0.332 e. The Balaban J connectivity index is 1.36. The van der Waals surface area contributed by atoms with Gasteiger partial charge in [0.25, 0.3) is 0 Å². The van der Waals surface area contributed by atoms with Crippen molar-refractivity contribution in [3.63, 3.8) is 0 Å². The molecule has 0 atom stereocenters. The number of hydrogen-bond donors (Lipinski definition) is 0. The quantitative estimate of drug-likeness (QED) is 0.178. The number of nitrogens with zero attached hydrogens (tertiary/aromatic N) is 3. The van der Waals surface area contributed by atoms with E-state index in [1.165, 1.54) is 0 Å². The highest BCUT2D eigenvalue weighted by Gasteiger charge is 2.43. The van der Waals surface area contributed by atoms with Crippen LogP contribution in [0.5, 0.6) is 0 Å². The predicted molar refractivity (Wildman–Crippen MR) is 213 cm³/mol. The molecule has 0 N–H and O–H groups in total. The summed E-state index contributed by atoms with van der Waals surface area (Å²) in [5.41, 5.74) is 9.36. The van der Waals surface area contributed by atoms with Crippen LogP contribution in [0.1, 0.15) is 2.74 Å². The Hall–Kier alpha value is -6.72. The molecule has 236 valence electrons. The molecule has 0 radical (unpaired) electrons. The van der Waals surface area contributed by atoms with Crippen molar-refractivity contribution in [2.24, 2.45) is 0 Å². The Labute approximate surface area is 297 Å². The van der Waals surface area contributed by atoms with Crippen molar-refractivity contribution in [1.29, 1.82) is 0 Å². The van der Waals surface area contributed by atoms with Gasteiger partial charge < -0.3 is 9.23 Å². The molecule has 11 rings (SSSR count). The monoisotopic (exact) mass is 651 g/mol. The van der Waals surface area contributed by atoms with Crippen LogP contribution in [0.15, 0.2) is 174 Å². The number of hydrogen-bond acceptors (Lipinski definition) is 4. The Kier molecular flexibility index (Phi) is 5.59. The highest BCUT2D eigenvalue weighted by atomic mass is 16.3. The second kappa shape index (κ2) is 10.9. The van der Waals surface area contributed by atoms with Gasteiger partial charge in [0.05, 0.1) is 19.6 Å². The van der Waals surface area contributed by atoms with Crippen molar-refractivity contribution in [1.82, 2.24) is 9.97 Å². The van der Waals surface area contributed by atoms with Gasteiger partial charge in [-0.2, -0.15) is 0 Å². The van der Waals surface area contributed by atoms with Gasteiger partial charge >= 0.3 is 6.85 Å². The first-order chi connectivity index (χ1) is 26.1. The summed E-state index contributed by atoms with van der Waals surface area (Å²) in [6.07, 6.45) is 0. The fraction of sp³-hybridized carbons (Fsp3) is 0. The van der Waals surface area contributed by atoms with Crippen molar-refractivity contribution in [2.75, 3.05) is 4.81 Å². The summed E-state index contributed by atoms with van der Waals surface area (Å²) < 4.78 is 23.6. The van der Waals surface area contributed by atoms with Crippen molar-refractivity contribution >= 4 is 83.8 Å². The van der Waals surface area contributed by atoms with E-state index >= 15 is 0 Å². The summed E-state index contributed by atoms with van der Waals surface area (Å²) in [6.45, 7) is -0.383. The van der Waals surface area contributed by atoms with Crippen molar-refractivity contribution < 1.29 is 7.16 Å². The SMILES string of the molecule is [2H]c1ccc(B2c3c(ccc4ccccc34)-c3c(c4oc5ccccc5c4c4ccccc34)N2c2nc(-c3ccc([2H])cc3)c3ccccc3n2)cc1. The van der Waals surface area contributed by atoms with Gasteiger partial charge in [-0.15, -0.1) is 0 Å². The first-order valence-electron chi connectivity index (χ1n) is 18.2. The predicted octanol–water partition coefficient (Wildman–Crippen LogP) is 10.4. The van der Waals surface area contributed by atoms with E-state index in [1.54, 1.807) is 12.1 Å². The largest absolute Gasteiger partial charge is 0.454 e. The van der Waals surface area contributed by atoms with Crippen molar-refractivity contribution in [3.8, 4) is 22.4 Å². The Bertz CT molecular complexity index is 3110. The summed E-state index contributed by atoms with van der Waals surface area (Å²) >= 11 is 0. The molecule has 0 saturated heterocycles. The number of benzene rings is 8. The highest BCUT2D eigenvalue weighted by Crippen LogP contribution is 2.51. The summed E-state index contributed by atoms with van der Waals surface area (Å²) in [6, 6.07) is 54.3. The molecule has 51 heavy (non-hydrogen) atoms. The first-order valence-corrected chi connectivity index (χ1v) is 17.2. The normalized spacial score (nSPS) is 13.2. The van der Waals surface area contributed by atoms with Gasteiger partial charge in [-0.25, -0.2) is 9.97 Å². The first kappa shape index (κ1) is 26.2. The van der Waals surface area contributed by atoms with Crippen LogP contribution in [0, 0.1) is 0 Å². The molecule has 0 spiro atoms. The van der Waals surface area contributed by atoms with Crippen molar-refractivity contribution in [2.45, 2.75) is 0 Å². The minimum Gasteiger partial charge on any atom is -0.454 e. The zero-order valence-electron chi connectivity index (χ0n) is 29.3. The summed E-state index contributed by atoms with van der Waals surface area (Å²) in [5, 5.41) is 7.56. The fourth-order valence-corrected chi connectivity index (χ4v) is 8.26. The van der Waals surface area contributed by atoms with E-state index in [1.807, 2.05) is 54.6 Å². The third-order valence-corrected chi connectivity index (χ3v) is 10.4. The molecule has 3 heterocycles. The van der Waals surface area contributed by atoms with Gasteiger partial charge in [-0.1, -0.05) is 163 Å². The topological polar surface area (TPSA) is 42.2 Å². The van der Waals surface area contributed by atoms with Gasteiger partial charge in [-0.3, -0.25) is 0 Å². The van der Waals surface area contributed by atoms with Gasteiger partial charge in [0.15, 0.2) is 5.58 Å². The summed E-state index contributed by atoms with van der Waals surface area (Å²) in [5.74, 6) is 0.533. The molecule has 2 aromatic heterocycles. The minimum absolute atomic E-state index is 0.383. The number of aromatic nitrogens is 2. The zero-order chi connectivity index (χ0) is 35.2. The Morgan fingerprint density at radius 2 is 1.24 bits per heavy atom. The lowest BCUT2D eigenvalue weighted by Gasteiger charge is -2.38. The molecule has 10 aromatic rings. The second-order valence-corrected chi connectivity index (χ2v) is 13.1. The molecule has 5 heteroatoms. The van der Waals surface area contributed by atoms with Gasteiger partial charge in [0, 0.05) is 27.3 Å². The van der Waals surface area contributed by atoms with Crippen LogP contribution < -0.4 is 15.7 Å². The van der Waals surface area contributed by atoms with Crippen molar-refractivity contribution in [3.05, 3.63) is 170 Å². The smallest absolute Gasteiger partial charge is 0.332 e. The molecular weight excluding hydrogens is 621 g/mol. The number of fused-ring (bicyclic) bond motifs is 13. The number of anilines is 2. The molecule has 0 amide bonds. The maximum atomic E-state index is 8.44. The Morgan fingerprint density at radius 3 is 2.06 bits per heavy atom. The molecule has 0 fully saturated rings. The molecule has 1 aliphatic rings. The molecule has 0 aliphatic carbocycles. The number of para-hydroxylation sites is 2. The average molecular weight is 652 g/mol. The maximum absolute atomic E-state index is 8.44. The zero-order valence-corrected chi connectivity index (χ0v) is 27.3. The van der Waals surface area contributed by atoms with Crippen LogP contribution in [0.4, 0.5) is 11.6 Å². The van der Waals surface area contributed by atoms with E-state index in [2.05, 4.69) is 95.8 Å². The van der Waals surface area contributed by atoms with Crippen LogP contribution in [-0.2, 0) is 0 Å². The molecular formula is C46H28BN3O. The lowest BCUT2D eigenvalue weighted by atomic mass is 9.45. The third kappa shape index (κ3) is 4.09. The molecule has 0 saturated carbocycles. The molecule has 4 nitrogen and oxygen atoms in total. The lowest BCUT2D eigenvalue weighted by Crippen LogP contribution is -2.58. The van der Waals surface area contributed by atoms with Gasteiger partial charge in [0.1, 0.15) is 5.58 Å². The third-order valence-electron chi connectivity index (χ3n) is 10.4. The molecule has 8 aromatic carbocycles. The van der Waals surface area contributed by atoms with E-state index in [4.69, 9.17) is 17.1 Å². The Morgan fingerprint density at radius 1 is 0.569 bits per heavy atom. The van der Waals surface area contributed by atoms with E-state index < -0.39 is 0 Å². The van der Waals surface area contributed by atoms with E-state index in [0.717, 1.165) is 93.4 Å². The van der Waals surface area contributed by atoms with Gasteiger partial charge in [0.2, 0.25) is 5.95 Å². The van der Waals surface area contributed by atoms with E-state index in [-0.39, 0.29) is 6.85 Å². The van der Waals surface area contributed by atoms with Crippen LogP contribution in [-0.4, -0.2) is 16.8 Å². The van der Waals surface area contributed by atoms with Crippen LogP contribution in [0.25, 0.3) is 76.8 Å². The minimum atomic E-state index is -0.383.